The highest BCUT2D eigenvalue weighted by atomic mass is 16.5. The number of aliphatic hydroxyl groups excluding tert-OH is 1. The quantitative estimate of drug-likeness (QED) is 0.784. The molecule has 1 atom stereocenters. The van der Waals surface area contributed by atoms with E-state index in [0.29, 0.717) is 12.4 Å². The Morgan fingerprint density at radius 3 is 2.63 bits per heavy atom. The van der Waals surface area contributed by atoms with Gasteiger partial charge in [-0.3, -0.25) is 4.98 Å². The van der Waals surface area contributed by atoms with Crippen molar-refractivity contribution in [1.29, 1.82) is 0 Å². The van der Waals surface area contributed by atoms with Crippen LogP contribution in [-0.4, -0.2) is 39.9 Å². The Kier molecular flexibility index (Phi) is 6.18. The van der Waals surface area contributed by atoms with E-state index in [2.05, 4.69) is 43.0 Å². The van der Waals surface area contributed by atoms with Crippen LogP contribution in [0.5, 0.6) is 5.88 Å². The third kappa shape index (κ3) is 6.50. The minimum absolute atomic E-state index is 0.0130. The summed E-state index contributed by atoms with van der Waals surface area (Å²) in [5.74, 6) is 0.527. The van der Waals surface area contributed by atoms with Crippen LogP contribution in [0.1, 0.15) is 39.8 Å². The fourth-order valence-corrected chi connectivity index (χ4v) is 1.54. The van der Waals surface area contributed by atoms with Gasteiger partial charge in [0.1, 0.15) is 18.4 Å². The molecule has 0 saturated carbocycles. The summed E-state index contributed by atoms with van der Waals surface area (Å²) in [7, 11) is 0. The van der Waals surface area contributed by atoms with Gasteiger partial charge in [-0.15, -0.1) is 0 Å². The highest BCUT2D eigenvalue weighted by molar-refractivity contribution is 5.17. The number of hydrogen-bond donors (Lipinski definition) is 2. The van der Waals surface area contributed by atoms with Crippen molar-refractivity contribution in [3.05, 3.63) is 18.1 Å². The Morgan fingerprint density at radius 1 is 1.32 bits per heavy atom. The molecule has 1 aromatic heterocycles. The van der Waals surface area contributed by atoms with Crippen molar-refractivity contribution in [3.63, 3.8) is 0 Å². The molecule has 19 heavy (non-hydrogen) atoms. The Hall–Kier alpha value is -1.20. The highest BCUT2D eigenvalue weighted by Crippen LogP contribution is 2.13. The van der Waals surface area contributed by atoms with Gasteiger partial charge >= 0.3 is 0 Å². The normalized spacial score (nSPS) is 13.3. The fraction of sp³-hybridized carbons (Fsp3) is 0.714. The lowest BCUT2D eigenvalue weighted by molar-refractivity contribution is 0.0969. The van der Waals surface area contributed by atoms with Crippen LogP contribution in [-0.2, 0) is 6.42 Å². The minimum atomic E-state index is -0.560. The molecule has 0 fully saturated rings. The van der Waals surface area contributed by atoms with E-state index in [4.69, 9.17) is 4.74 Å². The third-order valence-electron chi connectivity index (χ3n) is 2.50. The fourth-order valence-electron chi connectivity index (χ4n) is 1.54. The summed E-state index contributed by atoms with van der Waals surface area (Å²) in [5.41, 5.74) is 0.835. The van der Waals surface area contributed by atoms with Crippen LogP contribution < -0.4 is 10.1 Å². The summed E-state index contributed by atoms with van der Waals surface area (Å²) in [6.45, 7) is 8.97. The van der Waals surface area contributed by atoms with E-state index in [1.165, 1.54) is 0 Å². The molecule has 5 nitrogen and oxygen atoms in total. The van der Waals surface area contributed by atoms with E-state index in [1.54, 1.807) is 12.4 Å². The molecule has 1 heterocycles. The molecule has 0 spiro atoms. The standard InChI is InChI=1S/C14H25N3O2/c1-5-6-12-13(16-8-7-15-12)19-10-11(18)9-17-14(2,3)4/h7-8,11,17-18H,5-6,9-10H2,1-4H3. The number of rotatable bonds is 7. The molecule has 2 N–H and O–H groups in total. The van der Waals surface area contributed by atoms with Crippen molar-refractivity contribution < 1.29 is 9.84 Å². The first kappa shape index (κ1) is 15.9. The zero-order chi connectivity index (χ0) is 14.3. The predicted molar refractivity (Wildman–Crippen MR) is 75.3 cm³/mol. The number of aryl methyl sites for hydroxylation is 1. The summed E-state index contributed by atoms with van der Waals surface area (Å²) < 4.78 is 5.55. The van der Waals surface area contributed by atoms with Crippen LogP contribution in [0.2, 0.25) is 0 Å². The molecule has 0 aliphatic heterocycles. The molecule has 5 heteroatoms. The van der Waals surface area contributed by atoms with Crippen molar-refractivity contribution in [2.45, 2.75) is 52.2 Å². The molecule has 0 aliphatic carbocycles. The van der Waals surface area contributed by atoms with Crippen molar-refractivity contribution in [2.75, 3.05) is 13.2 Å². The van der Waals surface area contributed by atoms with Gasteiger partial charge in [0, 0.05) is 24.5 Å². The lowest BCUT2D eigenvalue weighted by atomic mass is 10.1. The van der Waals surface area contributed by atoms with Gasteiger partial charge in [0.05, 0.1) is 0 Å². The summed E-state index contributed by atoms with van der Waals surface area (Å²) in [4.78, 5) is 8.41. The maximum atomic E-state index is 9.86. The van der Waals surface area contributed by atoms with Crippen molar-refractivity contribution in [1.82, 2.24) is 15.3 Å². The molecule has 0 bridgehead atoms. The van der Waals surface area contributed by atoms with E-state index in [-0.39, 0.29) is 12.1 Å². The second-order valence-corrected chi connectivity index (χ2v) is 5.65. The van der Waals surface area contributed by atoms with Gasteiger partial charge in [-0.25, -0.2) is 4.98 Å². The Bertz CT molecular complexity index is 377. The second kappa shape index (κ2) is 7.40. The molecule has 1 aromatic rings. The molecule has 0 aromatic carbocycles. The highest BCUT2D eigenvalue weighted by Gasteiger charge is 2.13. The first-order valence-corrected chi connectivity index (χ1v) is 6.78. The summed E-state index contributed by atoms with van der Waals surface area (Å²) in [6.07, 6.45) is 4.53. The van der Waals surface area contributed by atoms with E-state index < -0.39 is 6.10 Å². The maximum absolute atomic E-state index is 9.86. The molecular weight excluding hydrogens is 242 g/mol. The van der Waals surface area contributed by atoms with Crippen LogP contribution in [0.4, 0.5) is 0 Å². The monoisotopic (exact) mass is 267 g/mol. The van der Waals surface area contributed by atoms with Gasteiger partial charge in [0.2, 0.25) is 5.88 Å². The van der Waals surface area contributed by atoms with Gasteiger partial charge in [-0.2, -0.15) is 0 Å². The van der Waals surface area contributed by atoms with Crippen LogP contribution in [0, 0.1) is 0 Å². The number of hydrogen-bond acceptors (Lipinski definition) is 5. The van der Waals surface area contributed by atoms with Crippen molar-refractivity contribution in [2.24, 2.45) is 0 Å². The van der Waals surface area contributed by atoms with E-state index in [1.807, 2.05) is 0 Å². The molecule has 0 saturated heterocycles. The van der Waals surface area contributed by atoms with E-state index in [0.717, 1.165) is 18.5 Å². The number of nitrogens with zero attached hydrogens (tertiary/aromatic N) is 2. The zero-order valence-corrected chi connectivity index (χ0v) is 12.3. The van der Waals surface area contributed by atoms with Crippen LogP contribution >= 0.6 is 0 Å². The third-order valence-corrected chi connectivity index (χ3v) is 2.50. The maximum Gasteiger partial charge on any atom is 0.235 e. The van der Waals surface area contributed by atoms with Gasteiger partial charge in [-0.05, 0) is 27.2 Å². The lowest BCUT2D eigenvalue weighted by Crippen LogP contribution is -2.42. The van der Waals surface area contributed by atoms with E-state index >= 15 is 0 Å². The summed E-state index contributed by atoms with van der Waals surface area (Å²) in [5, 5.41) is 13.1. The number of aromatic nitrogens is 2. The van der Waals surface area contributed by atoms with Gasteiger partial charge in [-0.1, -0.05) is 13.3 Å². The number of nitrogens with one attached hydrogen (secondary N) is 1. The largest absolute Gasteiger partial charge is 0.474 e. The zero-order valence-electron chi connectivity index (χ0n) is 12.3. The molecule has 0 aliphatic rings. The minimum Gasteiger partial charge on any atom is -0.474 e. The molecule has 1 unspecified atom stereocenters. The molecule has 108 valence electrons. The van der Waals surface area contributed by atoms with E-state index in [9.17, 15) is 5.11 Å². The van der Waals surface area contributed by atoms with Crippen molar-refractivity contribution >= 4 is 0 Å². The van der Waals surface area contributed by atoms with Gasteiger partial charge in [0.15, 0.2) is 0 Å². The SMILES string of the molecule is CCCc1nccnc1OCC(O)CNC(C)(C)C. The lowest BCUT2D eigenvalue weighted by Gasteiger charge is -2.23. The number of ether oxygens (including phenoxy) is 1. The summed E-state index contributed by atoms with van der Waals surface area (Å²) >= 11 is 0. The molecular formula is C14H25N3O2. The molecule has 0 radical (unpaired) electrons. The molecule has 0 amide bonds. The average molecular weight is 267 g/mol. The predicted octanol–water partition coefficient (Wildman–Crippen LogP) is 1.56. The van der Waals surface area contributed by atoms with Gasteiger partial charge < -0.3 is 15.2 Å². The topological polar surface area (TPSA) is 67.3 Å². The summed E-state index contributed by atoms with van der Waals surface area (Å²) in [6, 6.07) is 0. The Labute approximate surface area is 115 Å². The van der Waals surface area contributed by atoms with Crippen LogP contribution in [0.3, 0.4) is 0 Å². The Morgan fingerprint density at radius 2 is 2.00 bits per heavy atom. The van der Waals surface area contributed by atoms with Gasteiger partial charge in [0.25, 0.3) is 0 Å². The first-order chi connectivity index (χ1) is 8.92. The average Bonchev–Trinajstić information content (AvgIpc) is 2.35. The Balaban J connectivity index is 2.43. The van der Waals surface area contributed by atoms with Crippen LogP contribution in [0.15, 0.2) is 12.4 Å². The van der Waals surface area contributed by atoms with Crippen LogP contribution in [0.25, 0.3) is 0 Å². The number of aliphatic hydroxyl groups is 1. The number of β-amino-alcohol motifs (C(OH)–C–C–N with tert-alkyl or cyclic N) is 1. The van der Waals surface area contributed by atoms with Crippen molar-refractivity contribution in [3.8, 4) is 5.88 Å². The molecule has 1 rings (SSSR count). The second-order valence-electron chi connectivity index (χ2n) is 5.65. The first-order valence-electron chi connectivity index (χ1n) is 6.78. The smallest absolute Gasteiger partial charge is 0.235 e.